The number of anilines is 2. The van der Waals surface area contributed by atoms with E-state index in [1.807, 2.05) is 0 Å². The average molecular weight is 309 g/mol. The largest absolute Gasteiger partial charge is 0.380 e. The molecule has 0 amide bonds. The van der Waals surface area contributed by atoms with E-state index in [-0.39, 0.29) is 0 Å². The molecule has 0 aliphatic heterocycles. The molecule has 0 aromatic heterocycles. The molecule has 98 valence electrons. The normalized spacial score (nSPS) is 19.1. The molecule has 2 saturated carbocycles. The van der Waals surface area contributed by atoms with E-state index in [4.69, 9.17) is 0 Å². The second-order valence-corrected chi connectivity index (χ2v) is 6.82. The van der Waals surface area contributed by atoms with Crippen LogP contribution in [0.4, 0.5) is 11.4 Å². The Bertz CT molecular complexity index is 424. The average Bonchev–Trinajstić information content (AvgIpc) is 3.17. The Morgan fingerprint density at radius 2 is 1.78 bits per heavy atom. The summed E-state index contributed by atoms with van der Waals surface area (Å²) < 4.78 is 1.15. The monoisotopic (exact) mass is 308 g/mol. The summed E-state index contributed by atoms with van der Waals surface area (Å²) in [5.41, 5.74) is 2.56. The van der Waals surface area contributed by atoms with Crippen molar-refractivity contribution in [2.75, 3.05) is 24.3 Å². The van der Waals surface area contributed by atoms with Crippen molar-refractivity contribution in [2.24, 2.45) is 11.8 Å². The van der Waals surface area contributed by atoms with Crippen LogP contribution in [0.15, 0.2) is 22.7 Å². The molecular weight excluding hydrogens is 288 g/mol. The van der Waals surface area contributed by atoms with Crippen LogP contribution in [-0.2, 0) is 0 Å². The number of rotatable bonds is 5. The molecule has 3 rings (SSSR count). The zero-order valence-corrected chi connectivity index (χ0v) is 12.7. The minimum atomic E-state index is 0.706. The molecule has 2 fully saturated rings. The molecule has 2 nitrogen and oxygen atoms in total. The molecular formula is C15H21BrN2. The lowest BCUT2D eigenvalue weighted by Gasteiger charge is -2.24. The first-order valence-electron chi connectivity index (χ1n) is 6.88. The summed E-state index contributed by atoms with van der Waals surface area (Å²) in [6.07, 6.45) is 5.66. The van der Waals surface area contributed by atoms with E-state index in [1.165, 1.54) is 37.1 Å². The molecule has 1 N–H and O–H groups in total. The van der Waals surface area contributed by atoms with Gasteiger partial charge in [0.05, 0.1) is 11.4 Å². The third-order valence-corrected chi connectivity index (χ3v) is 4.52. The van der Waals surface area contributed by atoms with E-state index in [1.54, 1.807) is 0 Å². The molecule has 18 heavy (non-hydrogen) atoms. The van der Waals surface area contributed by atoms with Gasteiger partial charge in [-0.25, -0.2) is 0 Å². The van der Waals surface area contributed by atoms with Crippen LogP contribution in [-0.4, -0.2) is 20.1 Å². The van der Waals surface area contributed by atoms with Crippen LogP contribution in [0.5, 0.6) is 0 Å². The highest BCUT2D eigenvalue weighted by Gasteiger charge is 2.41. The Kier molecular flexibility index (Phi) is 3.27. The maximum atomic E-state index is 3.82. The quantitative estimate of drug-likeness (QED) is 0.880. The number of halogens is 1. The molecule has 0 spiro atoms. The SMILES string of the molecule is CN(C)c1ccc(Br)cc1NC(C1CC1)C1CC1. The molecule has 0 bridgehead atoms. The van der Waals surface area contributed by atoms with E-state index in [2.05, 4.69) is 58.4 Å². The van der Waals surface area contributed by atoms with Crippen LogP contribution in [0.25, 0.3) is 0 Å². The molecule has 1 aromatic rings. The van der Waals surface area contributed by atoms with Gasteiger partial charge in [0.15, 0.2) is 0 Å². The van der Waals surface area contributed by atoms with Gasteiger partial charge in [-0.3, -0.25) is 0 Å². The summed E-state index contributed by atoms with van der Waals surface area (Å²) in [5.74, 6) is 1.85. The highest BCUT2D eigenvalue weighted by molar-refractivity contribution is 9.10. The predicted octanol–water partition coefficient (Wildman–Crippen LogP) is 4.12. The topological polar surface area (TPSA) is 15.3 Å². The maximum Gasteiger partial charge on any atom is 0.0597 e. The van der Waals surface area contributed by atoms with Gasteiger partial charge >= 0.3 is 0 Å². The summed E-state index contributed by atoms with van der Waals surface area (Å²) in [6, 6.07) is 7.22. The molecule has 0 atom stereocenters. The molecule has 0 unspecified atom stereocenters. The van der Waals surface area contributed by atoms with E-state index in [9.17, 15) is 0 Å². The fraction of sp³-hybridized carbons (Fsp3) is 0.600. The minimum Gasteiger partial charge on any atom is -0.380 e. The van der Waals surface area contributed by atoms with Crippen molar-refractivity contribution in [2.45, 2.75) is 31.7 Å². The van der Waals surface area contributed by atoms with Crippen molar-refractivity contribution in [3.05, 3.63) is 22.7 Å². The van der Waals surface area contributed by atoms with Crippen molar-refractivity contribution in [3.8, 4) is 0 Å². The molecule has 2 aliphatic rings. The number of hydrogen-bond donors (Lipinski definition) is 1. The van der Waals surface area contributed by atoms with Crippen LogP contribution in [0, 0.1) is 11.8 Å². The van der Waals surface area contributed by atoms with Crippen LogP contribution >= 0.6 is 15.9 Å². The zero-order valence-electron chi connectivity index (χ0n) is 11.1. The highest BCUT2D eigenvalue weighted by Crippen LogP contribution is 2.46. The Labute approximate surface area is 118 Å². The van der Waals surface area contributed by atoms with Crippen LogP contribution < -0.4 is 10.2 Å². The van der Waals surface area contributed by atoms with E-state index >= 15 is 0 Å². The first-order valence-corrected chi connectivity index (χ1v) is 7.68. The molecule has 2 aliphatic carbocycles. The van der Waals surface area contributed by atoms with Gasteiger partial charge < -0.3 is 10.2 Å². The standard InChI is InChI=1S/C15H21BrN2/c1-18(2)14-8-7-12(16)9-13(14)17-15(10-3-4-10)11-5-6-11/h7-11,15,17H,3-6H2,1-2H3. The second-order valence-electron chi connectivity index (χ2n) is 5.90. The van der Waals surface area contributed by atoms with E-state index in [0.717, 1.165) is 16.3 Å². The Morgan fingerprint density at radius 3 is 2.28 bits per heavy atom. The molecule has 0 saturated heterocycles. The molecule has 1 aromatic carbocycles. The van der Waals surface area contributed by atoms with Crippen LogP contribution in [0.2, 0.25) is 0 Å². The molecule has 3 heteroatoms. The molecule has 0 heterocycles. The van der Waals surface area contributed by atoms with Crippen molar-refractivity contribution in [1.29, 1.82) is 0 Å². The van der Waals surface area contributed by atoms with Crippen molar-refractivity contribution in [1.82, 2.24) is 0 Å². The first kappa shape index (κ1) is 12.3. The van der Waals surface area contributed by atoms with Gasteiger partial charge in [-0.05, 0) is 55.7 Å². The number of hydrogen-bond acceptors (Lipinski definition) is 2. The van der Waals surface area contributed by atoms with Crippen molar-refractivity contribution < 1.29 is 0 Å². The Hall–Kier alpha value is -0.700. The van der Waals surface area contributed by atoms with Crippen molar-refractivity contribution in [3.63, 3.8) is 0 Å². The number of benzene rings is 1. The third kappa shape index (κ3) is 2.66. The van der Waals surface area contributed by atoms with Gasteiger partial charge in [0.2, 0.25) is 0 Å². The van der Waals surface area contributed by atoms with Gasteiger partial charge in [-0.2, -0.15) is 0 Å². The predicted molar refractivity (Wildman–Crippen MR) is 81.3 cm³/mol. The third-order valence-electron chi connectivity index (χ3n) is 4.02. The van der Waals surface area contributed by atoms with E-state index in [0.29, 0.717) is 6.04 Å². The van der Waals surface area contributed by atoms with Gasteiger partial charge in [0.1, 0.15) is 0 Å². The lowest BCUT2D eigenvalue weighted by atomic mass is 10.1. The first-order chi connectivity index (χ1) is 8.65. The van der Waals surface area contributed by atoms with Crippen molar-refractivity contribution >= 4 is 27.3 Å². The highest BCUT2D eigenvalue weighted by atomic mass is 79.9. The number of nitrogens with zero attached hydrogens (tertiary/aromatic N) is 1. The summed E-state index contributed by atoms with van der Waals surface area (Å²) in [6.45, 7) is 0. The van der Waals surface area contributed by atoms with E-state index < -0.39 is 0 Å². The van der Waals surface area contributed by atoms with Gasteiger partial charge in [0.25, 0.3) is 0 Å². The van der Waals surface area contributed by atoms with Gasteiger partial charge in [-0.1, -0.05) is 15.9 Å². The lowest BCUT2D eigenvalue weighted by molar-refractivity contribution is 0.568. The Morgan fingerprint density at radius 1 is 1.17 bits per heavy atom. The summed E-state index contributed by atoms with van der Waals surface area (Å²) in [5, 5.41) is 3.82. The fourth-order valence-corrected chi connectivity index (χ4v) is 3.09. The maximum absolute atomic E-state index is 3.82. The Balaban J connectivity index is 1.83. The van der Waals surface area contributed by atoms with Crippen LogP contribution in [0.3, 0.4) is 0 Å². The fourth-order valence-electron chi connectivity index (χ4n) is 2.72. The smallest absolute Gasteiger partial charge is 0.0597 e. The zero-order chi connectivity index (χ0) is 12.7. The number of nitrogens with one attached hydrogen (secondary N) is 1. The minimum absolute atomic E-state index is 0.706. The van der Waals surface area contributed by atoms with Gasteiger partial charge in [0, 0.05) is 24.6 Å². The lowest BCUT2D eigenvalue weighted by Crippen LogP contribution is -2.25. The second kappa shape index (κ2) is 4.76. The summed E-state index contributed by atoms with van der Waals surface area (Å²) >= 11 is 3.58. The van der Waals surface area contributed by atoms with Gasteiger partial charge in [-0.15, -0.1) is 0 Å². The van der Waals surface area contributed by atoms with Crippen LogP contribution in [0.1, 0.15) is 25.7 Å². The summed E-state index contributed by atoms with van der Waals surface area (Å²) in [4.78, 5) is 2.19. The molecule has 0 radical (unpaired) electrons. The summed E-state index contributed by atoms with van der Waals surface area (Å²) in [7, 11) is 4.22.